The number of carbonyl (C=O) groups excluding carboxylic acids is 1. The zero-order chi connectivity index (χ0) is 19.4. The van der Waals surface area contributed by atoms with Crippen LogP contribution in [0.4, 0.5) is 19.0 Å². The van der Waals surface area contributed by atoms with E-state index in [4.69, 9.17) is 4.42 Å². The molecule has 3 heterocycles. The number of hydrogen-bond acceptors (Lipinski definition) is 4. The average molecular weight is 491 g/mol. The molecule has 0 unspecified atom stereocenters. The van der Waals surface area contributed by atoms with E-state index in [-0.39, 0.29) is 5.91 Å². The van der Waals surface area contributed by atoms with Gasteiger partial charge in [0.25, 0.3) is 0 Å². The number of anilines is 1. The molecule has 27 heavy (non-hydrogen) atoms. The predicted octanol–water partition coefficient (Wildman–Crippen LogP) is 4.05. The van der Waals surface area contributed by atoms with Crippen molar-refractivity contribution in [1.82, 2.24) is 9.88 Å². The van der Waals surface area contributed by atoms with Gasteiger partial charge in [-0.3, -0.25) is 4.79 Å². The molecule has 1 aliphatic heterocycles. The Kier molecular flexibility index (Phi) is 6.08. The molecule has 0 saturated carbocycles. The Balaban J connectivity index is 1.60. The van der Waals surface area contributed by atoms with Gasteiger partial charge < -0.3 is 14.2 Å². The van der Waals surface area contributed by atoms with Crippen molar-refractivity contribution in [3.05, 3.63) is 51.6 Å². The molecule has 0 atom stereocenters. The van der Waals surface area contributed by atoms with Gasteiger partial charge in [-0.15, -0.1) is 0 Å². The van der Waals surface area contributed by atoms with Crippen LogP contribution in [0.2, 0.25) is 0 Å². The summed E-state index contributed by atoms with van der Waals surface area (Å²) < 4.78 is 44.1. The Bertz CT molecular complexity index is 818. The van der Waals surface area contributed by atoms with E-state index in [1.54, 1.807) is 17.0 Å². The number of rotatable bonds is 3. The molecule has 0 radical (unpaired) electrons. The molecule has 0 aromatic carbocycles. The summed E-state index contributed by atoms with van der Waals surface area (Å²) in [6.07, 6.45) is 0.259. The minimum absolute atomic E-state index is 0.122. The van der Waals surface area contributed by atoms with Gasteiger partial charge in [0.15, 0.2) is 3.77 Å². The van der Waals surface area contributed by atoms with Gasteiger partial charge in [0, 0.05) is 38.5 Å². The highest BCUT2D eigenvalue weighted by Crippen LogP contribution is 2.29. The van der Waals surface area contributed by atoms with Crippen molar-refractivity contribution in [2.45, 2.75) is 12.6 Å². The van der Waals surface area contributed by atoms with Crippen molar-refractivity contribution < 1.29 is 22.4 Å². The van der Waals surface area contributed by atoms with Crippen LogP contribution in [0.15, 0.2) is 41.0 Å². The van der Waals surface area contributed by atoms with Gasteiger partial charge in [0.1, 0.15) is 11.6 Å². The second-order valence-electron chi connectivity index (χ2n) is 6.04. The van der Waals surface area contributed by atoms with Gasteiger partial charge in [-0.25, -0.2) is 4.98 Å². The fourth-order valence-electron chi connectivity index (χ4n) is 2.78. The second kappa shape index (κ2) is 8.32. The summed E-state index contributed by atoms with van der Waals surface area (Å²) in [6, 6.07) is 6.00. The summed E-state index contributed by atoms with van der Waals surface area (Å²) in [7, 11) is 0. The molecule has 2 aromatic rings. The summed E-state index contributed by atoms with van der Waals surface area (Å²) in [5.41, 5.74) is -0.768. The molecule has 1 amide bonds. The molecule has 1 saturated heterocycles. The number of hydrogen-bond donors (Lipinski definition) is 0. The Morgan fingerprint density at radius 3 is 2.59 bits per heavy atom. The molecule has 3 rings (SSSR count). The van der Waals surface area contributed by atoms with Crippen LogP contribution in [-0.4, -0.2) is 42.0 Å². The van der Waals surface area contributed by atoms with E-state index in [0.717, 1.165) is 16.0 Å². The van der Waals surface area contributed by atoms with Crippen LogP contribution >= 0.6 is 22.6 Å². The molecule has 0 aliphatic carbocycles. The number of aromatic nitrogens is 1. The van der Waals surface area contributed by atoms with E-state index >= 15 is 0 Å². The lowest BCUT2D eigenvalue weighted by atomic mass is 10.2. The molecule has 9 heteroatoms. The van der Waals surface area contributed by atoms with Crippen LogP contribution in [0.1, 0.15) is 17.7 Å². The Labute approximate surface area is 168 Å². The SMILES string of the molecule is O=C(/C=C/c1ccc(I)o1)N1CCCN(c2ccc(C(F)(F)F)cn2)CC1. The predicted molar refractivity (Wildman–Crippen MR) is 103 cm³/mol. The van der Waals surface area contributed by atoms with E-state index in [0.29, 0.717) is 44.2 Å². The molecule has 1 fully saturated rings. The van der Waals surface area contributed by atoms with Crippen LogP contribution < -0.4 is 4.90 Å². The quantitative estimate of drug-likeness (QED) is 0.481. The lowest BCUT2D eigenvalue weighted by Gasteiger charge is -2.22. The molecule has 0 bridgehead atoms. The first-order valence-corrected chi connectivity index (χ1v) is 9.41. The monoisotopic (exact) mass is 491 g/mol. The van der Waals surface area contributed by atoms with Crippen LogP contribution in [0.25, 0.3) is 6.08 Å². The number of alkyl halides is 3. The van der Waals surface area contributed by atoms with E-state index in [1.807, 2.05) is 11.0 Å². The fraction of sp³-hybridized carbons (Fsp3) is 0.333. The van der Waals surface area contributed by atoms with Gasteiger partial charge in [-0.1, -0.05) is 0 Å². The summed E-state index contributed by atoms with van der Waals surface area (Å²) in [6.45, 7) is 2.19. The van der Waals surface area contributed by atoms with Gasteiger partial charge in [0.05, 0.1) is 5.56 Å². The fourth-order valence-corrected chi connectivity index (χ4v) is 3.22. The summed E-state index contributed by atoms with van der Waals surface area (Å²) >= 11 is 2.05. The number of furan rings is 1. The molecular weight excluding hydrogens is 474 g/mol. The highest BCUT2D eigenvalue weighted by atomic mass is 127. The van der Waals surface area contributed by atoms with Crippen LogP contribution in [0.5, 0.6) is 0 Å². The standard InChI is InChI=1S/C18H17F3IN3O2/c19-18(20,21)13-2-6-16(23-12-13)24-8-1-9-25(11-10-24)17(26)7-4-14-3-5-15(22)27-14/h2-7,12H,1,8-11H2/b7-4+. The maximum absolute atomic E-state index is 12.7. The third-order valence-corrected chi connectivity index (χ3v) is 4.77. The summed E-state index contributed by atoms with van der Waals surface area (Å²) in [5, 5.41) is 0. The third-order valence-electron chi connectivity index (χ3n) is 4.19. The number of nitrogens with zero attached hydrogens (tertiary/aromatic N) is 3. The van der Waals surface area contributed by atoms with Crippen LogP contribution in [0.3, 0.4) is 0 Å². The second-order valence-corrected chi connectivity index (χ2v) is 7.11. The van der Waals surface area contributed by atoms with Crippen molar-refractivity contribution in [1.29, 1.82) is 0 Å². The lowest BCUT2D eigenvalue weighted by molar-refractivity contribution is -0.137. The first-order chi connectivity index (χ1) is 12.8. The zero-order valence-corrected chi connectivity index (χ0v) is 16.4. The summed E-state index contributed by atoms with van der Waals surface area (Å²) in [5.74, 6) is 0.972. The minimum Gasteiger partial charge on any atom is -0.451 e. The third kappa shape index (κ3) is 5.24. The van der Waals surface area contributed by atoms with Crippen molar-refractivity contribution >= 4 is 40.4 Å². The maximum atomic E-state index is 12.7. The highest BCUT2D eigenvalue weighted by molar-refractivity contribution is 14.1. The Morgan fingerprint density at radius 2 is 1.96 bits per heavy atom. The Morgan fingerprint density at radius 1 is 1.15 bits per heavy atom. The molecule has 5 nitrogen and oxygen atoms in total. The van der Waals surface area contributed by atoms with Gasteiger partial charge in [0.2, 0.25) is 5.91 Å². The molecule has 0 spiro atoms. The smallest absolute Gasteiger partial charge is 0.417 e. The number of amides is 1. The molecule has 0 N–H and O–H groups in total. The minimum atomic E-state index is -4.40. The van der Waals surface area contributed by atoms with E-state index < -0.39 is 11.7 Å². The molecular formula is C18H17F3IN3O2. The topological polar surface area (TPSA) is 49.6 Å². The number of carbonyl (C=O) groups is 1. The van der Waals surface area contributed by atoms with Crippen molar-refractivity contribution in [3.8, 4) is 0 Å². The van der Waals surface area contributed by atoms with Crippen LogP contribution in [0, 0.1) is 3.77 Å². The van der Waals surface area contributed by atoms with Crippen molar-refractivity contribution in [2.24, 2.45) is 0 Å². The van der Waals surface area contributed by atoms with Crippen molar-refractivity contribution in [3.63, 3.8) is 0 Å². The number of halogens is 4. The normalized spacial score (nSPS) is 16.0. The molecule has 1 aliphatic rings. The van der Waals surface area contributed by atoms with E-state index in [9.17, 15) is 18.0 Å². The summed E-state index contributed by atoms with van der Waals surface area (Å²) in [4.78, 5) is 19.9. The van der Waals surface area contributed by atoms with Crippen LogP contribution in [-0.2, 0) is 11.0 Å². The largest absolute Gasteiger partial charge is 0.451 e. The van der Waals surface area contributed by atoms with Gasteiger partial charge in [-0.2, -0.15) is 13.2 Å². The zero-order valence-electron chi connectivity index (χ0n) is 14.2. The molecule has 2 aromatic heterocycles. The maximum Gasteiger partial charge on any atom is 0.417 e. The van der Waals surface area contributed by atoms with E-state index in [1.165, 1.54) is 12.1 Å². The number of pyridine rings is 1. The van der Waals surface area contributed by atoms with E-state index in [2.05, 4.69) is 27.6 Å². The van der Waals surface area contributed by atoms with Gasteiger partial charge >= 0.3 is 6.18 Å². The highest BCUT2D eigenvalue weighted by Gasteiger charge is 2.31. The first-order valence-electron chi connectivity index (χ1n) is 8.33. The molecule has 144 valence electrons. The lowest BCUT2D eigenvalue weighted by Crippen LogP contribution is -2.34. The average Bonchev–Trinajstić information content (AvgIpc) is 2.90. The van der Waals surface area contributed by atoms with Crippen molar-refractivity contribution in [2.75, 3.05) is 31.1 Å². The first kappa shape index (κ1) is 19.7. The Hall–Kier alpha value is -2.04. The van der Waals surface area contributed by atoms with Gasteiger partial charge in [-0.05, 0) is 59.4 Å².